The molecule has 13 heterocycles. The van der Waals surface area contributed by atoms with E-state index in [9.17, 15) is 53.9 Å². The summed E-state index contributed by atoms with van der Waals surface area (Å²) < 4.78 is 186. The largest absolute Gasteiger partial charge is 0.586 e. The Balaban J connectivity index is 0.000000148. The highest BCUT2D eigenvalue weighted by Gasteiger charge is 2.53. The number of Topliss-reactive ketones (excluding diaryl/α,β-unsaturated/α-hetero) is 1. The van der Waals surface area contributed by atoms with E-state index in [1.807, 2.05) is 33.8 Å². The van der Waals surface area contributed by atoms with Gasteiger partial charge in [0, 0.05) is 95.9 Å². The molecule has 0 amide bonds. The number of aryl methyl sites for hydroxylation is 4. The van der Waals surface area contributed by atoms with Crippen LogP contribution < -0.4 is 49.1 Å². The van der Waals surface area contributed by atoms with Crippen LogP contribution in [0.2, 0.25) is 0 Å². The second kappa shape index (κ2) is 28.9. The summed E-state index contributed by atoms with van der Waals surface area (Å²) in [6.45, 7) is 8.26. The Kier molecular flexibility index (Phi) is 21.2. The number of aliphatic hydroxyl groups excluding tert-OH is 1. The van der Waals surface area contributed by atoms with Gasteiger partial charge in [-0.1, -0.05) is 26.8 Å². The number of fused-ring (bicyclic) bond motifs is 6. The number of amidine groups is 1. The Morgan fingerprint density at radius 3 is 1.69 bits per heavy atom. The van der Waals surface area contributed by atoms with Gasteiger partial charge >= 0.3 is 36.1 Å². The lowest BCUT2D eigenvalue weighted by atomic mass is 9.73. The average Bonchev–Trinajstić information content (AvgIpc) is 1.74. The molecule has 14 rings (SSSR count). The number of aromatic amines is 1. The predicted octanol–water partition coefficient (Wildman–Crippen LogP) is 11.2. The molecule has 0 saturated carbocycles. The third kappa shape index (κ3) is 17.4. The van der Waals surface area contributed by atoms with Crippen LogP contribution >= 0.6 is 12.2 Å². The minimum Gasteiger partial charge on any atom is -0.477 e. The van der Waals surface area contributed by atoms with E-state index >= 15 is 4.39 Å². The normalized spacial score (nSPS) is 19.8. The smallest absolute Gasteiger partial charge is 0.477 e. The number of aliphatic imine (C=N–C) groups is 1. The number of hydrogen-bond acceptors (Lipinski definition) is 24. The quantitative estimate of drug-likeness (QED) is 0.0561. The number of nitrogens with zero attached hydrogens (tertiary/aromatic N) is 6. The van der Waals surface area contributed by atoms with Crippen molar-refractivity contribution in [3.63, 3.8) is 0 Å². The maximum Gasteiger partial charge on any atom is 0.586 e. The maximum absolute atomic E-state index is 15.1. The molecule has 6 aliphatic rings. The van der Waals surface area contributed by atoms with Gasteiger partial charge in [0.2, 0.25) is 0 Å². The fraction of sp³-hybridized carbons (Fsp3) is 0.344. The van der Waals surface area contributed by atoms with Crippen LogP contribution in [0.25, 0.3) is 11.2 Å². The van der Waals surface area contributed by atoms with E-state index in [0.29, 0.717) is 35.3 Å². The van der Waals surface area contributed by atoms with Crippen molar-refractivity contribution in [3.05, 3.63) is 164 Å². The number of carboxylic acids is 1. The van der Waals surface area contributed by atoms with Crippen LogP contribution in [-0.2, 0) is 47.3 Å². The first-order valence-electron chi connectivity index (χ1n) is 28.8. The van der Waals surface area contributed by atoms with Crippen LogP contribution in [0.1, 0.15) is 94.6 Å². The molecular weight excluding hydrogens is 1340 g/mol. The number of ketones is 1. The first-order valence-corrected chi connectivity index (χ1v) is 29.2. The van der Waals surface area contributed by atoms with Crippen LogP contribution in [0.5, 0.6) is 46.0 Å². The second-order valence-electron chi connectivity index (χ2n) is 21.1. The number of carbonyl (C=O) groups excluding carboxylic acids is 1. The van der Waals surface area contributed by atoms with Crippen molar-refractivity contribution in [2.45, 2.75) is 116 Å². The Labute approximate surface area is 545 Å². The zero-order valence-electron chi connectivity index (χ0n) is 51.0. The zero-order valence-corrected chi connectivity index (χ0v) is 51.8. The first kappa shape index (κ1) is 70.9. The van der Waals surface area contributed by atoms with Crippen LogP contribution in [0.15, 0.2) is 110 Å². The van der Waals surface area contributed by atoms with Crippen molar-refractivity contribution in [3.8, 4) is 46.0 Å². The Hall–Kier alpha value is -10.4. The Bertz CT molecular complexity index is 4310. The van der Waals surface area contributed by atoms with E-state index in [1.54, 1.807) is 25.4 Å². The molecule has 0 radical (unpaired) electrons. The van der Waals surface area contributed by atoms with E-state index in [-0.39, 0.29) is 111 Å². The summed E-state index contributed by atoms with van der Waals surface area (Å²) in [5.74, 6) is -4.67. The predicted molar refractivity (Wildman–Crippen MR) is 314 cm³/mol. The number of rotatable bonds is 10. The molecule has 7 aromatic heterocycles. The van der Waals surface area contributed by atoms with Crippen LogP contribution in [0.4, 0.5) is 43.9 Å². The molecule has 1 aromatic carbocycles. The number of ether oxygens (including phenoxy) is 10. The summed E-state index contributed by atoms with van der Waals surface area (Å²) in [6, 6.07) is 11.7. The molecule has 25 nitrogen and oxygen atoms in total. The summed E-state index contributed by atoms with van der Waals surface area (Å²) in [5, 5.41) is 17.2. The number of benzene rings is 1. The van der Waals surface area contributed by atoms with E-state index < -0.39 is 67.0 Å². The summed E-state index contributed by atoms with van der Waals surface area (Å²) in [6.07, 6.45) is -5.30. The number of aromatic carboxylic acids is 1. The minimum absolute atomic E-state index is 0.0119. The lowest BCUT2D eigenvalue weighted by Crippen LogP contribution is -2.55. The number of aromatic nitrogens is 6. The summed E-state index contributed by atoms with van der Waals surface area (Å²) in [7, 11) is 0. The number of nitrogens with two attached hydrogens (primary N) is 1. The summed E-state index contributed by atoms with van der Waals surface area (Å²) >= 11 is 4.73. The van der Waals surface area contributed by atoms with Gasteiger partial charge < -0.3 is 77.1 Å². The zero-order chi connectivity index (χ0) is 70.4. The first-order chi connectivity index (χ1) is 45.8. The van der Waals surface area contributed by atoms with E-state index in [1.165, 1.54) is 30.5 Å². The number of pyridine rings is 6. The van der Waals surface area contributed by atoms with Crippen LogP contribution in [0.3, 0.4) is 0 Å². The lowest BCUT2D eigenvalue weighted by Gasteiger charge is -2.46. The van der Waals surface area contributed by atoms with Gasteiger partial charge in [0.15, 0.2) is 74.1 Å². The van der Waals surface area contributed by atoms with Crippen LogP contribution in [-0.4, -0.2) is 109 Å². The van der Waals surface area contributed by atoms with Gasteiger partial charge in [-0.3, -0.25) is 24.5 Å². The Morgan fingerprint density at radius 1 is 0.660 bits per heavy atom. The van der Waals surface area contributed by atoms with Gasteiger partial charge in [-0.05, 0) is 50.8 Å². The minimum atomic E-state index is -3.84. The van der Waals surface area contributed by atoms with Gasteiger partial charge in [-0.25, -0.2) is 28.5 Å². The fourth-order valence-electron chi connectivity index (χ4n) is 9.59. The van der Waals surface area contributed by atoms with Gasteiger partial charge in [0.05, 0.1) is 61.9 Å². The summed E-state index contributed by atoms with van der Waals surface area (Å²) in [4.78, 5) is 60.5. The highest BCUT2D eigenvalue weighted by Crippen LogP contribution is 2.47. The number of H-pyrrole nitrogens is 1. The number of alkyl halides is 9. The molecule has 97 heavy (non-hydrogen) atoms. The number of carbonyl (C=O) groups is 2. The number of aliphatic hydroxyl groups is 1. The lowest BCUT2D eigenvalue weighted by molar-refractivity contribution is -0.287. The van der Waals surface area contributed by atoms with Crippen molar-refractivity contribution >= 4 is 41.2 Å². The van der Waals surface area contributed by atoms with E-state index in [2.05, 4.69) is 72.8 Å². The number of hydrogen-bond donors (Lipinski definition) is 4. The van der Waals surface area contributed by atoms with Gasteiger partial charge in [-0.2, -0.15) is 0 Å². The maximum atomic E-state index is 15.1. The van der Waals surface area contributed by atoms with E-state index in [4.69, 9.17) is 46.5 Å². The summed E-state index contributed by atoms with van der Waals surface area (Å²) in [5.41, 5.74) is 8.96. The molecule has 36 heteroatoms. The second-order valence-corrected chi connectivity index (χ2v) is 21.5. The molecule has 6 aliphatic heterocycles. The average molecular weight is 1390 g/mol. The number of carboxylic acid groups (broad SMARTS) is 1. The molecular formula is C61H54F10N8O17S. The van der Waals surface area contributed by atoms with Crippen molar-refractivity contribution in [2.75, 3.05) is 13.3 Å². The standard InChI is InChI=1S/C23H21F4N3O5.C8H7F2NO2.C8H7NO2S.C8H11NO.C7H3F2NO4.C7H5F2NO3/c1-11-4-18-14(9-32-11)22(10-24,30-21(28)33-18)13-5-12(2-3-15(13)25)6-17(31)16-7-19-20(8-29-16)35-23(26,27)34-19;1-2-5-3-6-7(4-11-5)13-8(9,10)12-6;1-2-5-3-6-7(4-9-5)11-8(12)10-6;1-3-7-4-8(10)6(2)5-9-7;8-7(9)13-4-1-3(6(11)12)10-2-5(4)14-7;8-7(9)12-5-1-4(3-11)10-2-6(5)13-7/h2-3,5,7-8,11,14,18H,4,6,9-10H2,1H3,(H2,28,30);3-4H,2H2,1H3;3-4H,2H2,1H3;4-5H,3H2,1-2H3,(H,9,10);1-2H,(H,11,12);1-2,11H,3H2/t11-,14+,18-,22-;;;;;/m1...../s1. The van der Waals surface area contributed by atoms with Crippen molar-refractivity contribution < 1.29 is 120 Å². The van der Waals surface area contributed by atoms with E-state index in [0.717, 1.165) is 66.6 Å². The highest BCUT2D eigenvalue weighted by atomic mass is 32.1. The number of halogens is 10. The molecule has 0 unspecified atom stereocenters. The molecule has 0 aliphatic carbocycles. The SMILES string of the molecule is CCc1cc(=O)c(C)c[nH]1.CCc1cc2c(cn1)OC(F)(F)O2.CCc1cc2oc(=S)oc2cn1.C[C@@H]1C[C@H]2OC(N)=N[C@](CF)(c3cc(CC(=O)c4cc5c(cn4)OC(F)(F)O5)ccc3F)[C@H]2CO1.O=C(O)c1cc2c(cn1)OC(F)(F)O2.OCc1cc2c(cn1)OC(F)(F)O2. The third-order valence-electron chi connectivity index (χ3n) is 14.3. The van der Waals surface area contributed by atoms with Gasteiger partial charge in [0.25, 0.3) is 6.02 Å². The van der Waals surface area contributed by atoms with Gasteiger partial charge in [-0.15, -0.1) is 35.1 Å². The molecule has 4 atom stereocenters. The molecule has 516 valence electrons. The topological polar surface area (TPSA) is 329 Å². The van der Waals surface area contributed by atoms with Gasteiger partial charge in [0.1, 0.15) is 29.8 Å². The monoisotopic (exact) mass is 1390 g/mol. The Morgan fingerprint density at radius 2 is 1.15 bits per heavy atom. The molecule has 5 N–H and O–H groups in total. The number of nitrogens with one attached hydrogen (secondary N) is 1. The van der Waals surface area contributed by atoms with Crippen molar-refractivity contribution in [2.24, 2.45) is 16.6 Å². The highest BCUT2D eigenvalue weighted by molar-refractivity contribution is 7.71. The molecule has 1 fully saturated rings. The molecule has 0 bridgehead atoms. The molecule has 8 aromatic rings. The van der Waals surface area contributed by atoms with Crippen molar-refractivity contribution in [1.29, 1.82) is 0 Å². The van der Waals surface area contributed by atoms with Crippen molar-refractivity contribution in [1.82, 2.24) is 29.9 Å². The molecule has 1 saturated heterocycles. The third-order valence-corrected chi connectivity index (χ3v) is 14.5. The fourth-order valence-corrected chi connectivity index (χ4v) is 9.77. The van der Waals surface area contributed by atoms with Crippen LogP contribution in [0, 0.1) is 23.6 Å². The molecule has 0 spiro atoms.